The molecule has 0 bridgehead atoms. The fraction of sp³-hybridized carbons (Fsp3) is 0.417. The Balaban J connectivity index is 2.36. The summed E-state index contributed by atoms with van der Waals surface area (Å²) in [4.78, 5) is 10.5. The van der Waals surface area contributed by atoms with E-state index in [0.29, 0.717) is 6.42 Å². The molecule has 0 radical (unpaired) electrons. The molecule has 17 heavy (non-hydrogen) atoms. The molecule has 5 heteroatoms. The Morgan fingerprint density at radius 2 is 2.06 bits per heavy atom. The highest BCUT2D eigenvalue weighted by atomic mass is 19.1. The fourth-order valence-corrected chi connectivity index (χ4v) is 1.46. The highest BCUT2D eigenvalue weighted by molar-refractivity contribution is 5.73. The van der Waals surface area contributed by atoms with Crippen molar-refractivity contribution in [3.05, 3.63) is 35.6 Å². The minimum Gasteiger partial charge on any atom is -0.480 e. The Labute approximate surface area is 99.6 Å². The van der Waals surface area contributed by atoms with Gasteiger partial charge in [-0.3, -0.25) is 4.79 Å². The van der Waals surface area contributed by atoms with Crippen molar-refractivity contribution >= 4 is 5.97 Å². The lowest BCUT2D eigenvalue weighted by atomic mass is 10.1. The van der Waals surface area contributed by atoms with Gasteiger partial charge >= 0.3 is 5.97 Å². The molecule has 1 aromatic carbocycles. The zero-order chi connectivity index (χ0) is 12.8. The van der Waals surface area contributed by atoms with Gasteiger partial charge < -0.3 is 16.2 Å². The van der Waals surface area contributed by atoms with E-state index in [-0.39, 0.29) is 18.4 Å². The second kappa shape index (κ2) is 6.32. The average Bonchev–Trinajstić information content (AvgIpc) is 2.29. The van der Waals surface area contributed by atoms with Gasteiger partial charge in [-0.05, 0) is 31.0 Å². The van der Waals surface area contributed by atoms with Crippen molar-refractivity contribution in [2.75, 3.05) is 6.54 Å². The molecule has 2 unspecified atom stereocenters. The van der Waals surface area contributed by atoms with Crippen molar-refractivity contribution in [3.8, 4) is 0 Å². The minimum atomic E-state index is -1.02. The van der Waals surface area contributed by atoms with Crippen LogP contribution in [-0.2, 0) is 11.2 Å². The van der Waals surface area contributed by atoms with Crippen molar-refractivity contribution in [3.63, 3.8) is 0 Å². The molecule has 0 aliphatic heterocycles. The lowest BCUT2D eigenvalue weighted by Gasteiger charge is -2.15. The van der Waals surface area contributed by atoms with Crippen LogP contribution in [0.3, 0.4) is 0 Å². The molecule has 94 valence electrons. The topological polar surface area (TPSA) is 75.3 Å². The standard InChI is InChI=1S/C12H17FN2O2/c1-8(15-7-11(14)12(16)17)6-9-2-4-10(13)5-3-9/h2-5,8,11,15H,6-7,14H2,1H3,(H,16,17). The van der Waals surface area contributed by atoms with Crippen molar-refractivity contribution in [2.24, 2.45) is 5.73 Å². The number of benzene rings is 1. The number of carboxylic acid groups (broad SMARTS) is 1. The number of hydrogen-bond donors (Lipinski definition) is 3. The van der Waals surface area contributed by atoms with Gasteiger partial charge in [0.15, 0.2) is 0 Å². The Hall–Kier alpha value is -1.46. The van der Waals surface area contributed by atoms with Gasteiger partial charge in [0.1, 0.15) is 11.9 Å². The average molecular weight is 240 g/mol. The van der Waals surface area contributed by atoms with Crippen LogP contribution in [0.15, 0.2) is 24.3 Å². The lowest BCUT2D eigenvalue weighted by molar-refractivity contribution is -0.138. The second-order valence-electron chi connectivity index (χ2n) is 4.08. The van der Waals surface area contributed by atoms with Crippen LogP contribution in [0.25, 0.3) is 0 Å². The van der Waals surface area contributed by atoms with E-state index in [0.717, 1.165) is 5.56 Å². The molecule has 0 saturated heterocycles. The SMILES string of the molecule is CC(Cc1ccc(F)cc1)NCC(N)C(=O)O. The minimum absolute atomic E-state index is 0.0888. The van der Waals surface area contributed by atoms with Gasteiger partial charge in [-0.15, -0.1) is 0 Å². The summed E-state index contributed by atoms with van der Waals surface area (Å²) in [5.41, 5.74) is 6.36. The van der Waals surface area contributed by atoms with E-state index in [4.69, 9.17) is 10.8 Å². The van der Waals surface area contributed by atoms with E-state index in [2.05, 4.69) is 5.32 Å². The molecule has 4 nitrogen and oxygen atoms in total. The normalized spacial score (nSPS) is 14.3. The fourth-order valence-electron chi connectivity index (χ4n) is 1.46. The van der Waals surface area contributed by atoms with Crippen LogP contribution in [0.4, 0.5) is 4.39 Å². The highest BCUT2D eigenvalue weighted by Crippen LogP contribution is 2.05. The van der Waals surface area contributed by atoms with E-state index in [1.165, 1.54) is 12.1 Å². The number of nitrogens with one attached hydrogen (secondary N) is 1. The molecule has 2 atom stereocenters. The van der Waals surface area contributed by atoms with Crippen LogP contribution in [0.5, 0.6) is 0 Å². The summed E-state index contributed by atoms with van der Waals surface area (Å²) >= 11 is 0. The number of carbonyl (C=O) groups is 1. The van der Waals surface area contributed by atoms with Crippen molar-refractivity contribution in [2.45, 2.75) is 25.4 Å². The molecular formula is C12H17FN2O2. The third-order valence-electron chi connectivity index (χ3n) is 2.46. The Kier molecular flexibility index (Phi) is 5.06. The number of aliphatic carboxylic acids is 1. The highest BCUT2D eigenvalue weighted by Gasteiger charge is 2.12. The first kappa shape index (κ1) is 13.6. The summed E-state index contributed by atoms with van der Waals surface area (Å²) in [7, 11) is 0. The maximum atomic E-state index is 12.7. The summed E-state index contributed by atoms with van der Waals surface area (Å²) in [6.45, 7) is 2.15. The largest absolute Gasteiger partial charge is 0.480 e. The Morgan fingerprint density at radius 3 is 2.59 bits per heavy atom. The molecule has 0 aliphatic rings. The van der Waals surface area contributed by atoms with Gasteiger partial charge in [0, 0.05) is 12.6 Å². The van der Waals surface area contributed by atoms with Crippen LogP contribution < -0.4 is 11.1 Å². The Bertz CT molecular complexity index is 367. The maximum absolute atomic E-state index is 12.7. The van der Waals surface area contributed by atoms with Gasteiger partial charge in [-0.1, -0.05) is 12.1 Å². The van der Waals surface area contributed by atoms with Gasteiger partial charge in [0.25, 0.3) is 0 Å². The van der Waals surface area contributed by atoms with Crippen molar-refractivity contribution in [1.82, 2.24) is 5.32 Å². The van der Waals surface area contributed by atoms with E-state index in [9.17, 15) is 9.18 Å². The third kappa shape index (κ3) is 4.93. The molecule has 1 aromatic rings. The predicted octanol–water partition coefficient (Wildman–Crippen LogP) is 0.758. The summed E-state index contributed by atoms with van der Waals surface area (Å²) in [5.74, 6) is -1.28. The van der Waals surface area contributed by atoms with Gasteiger partial charge in [0.2, 0.25) is 0 Å². The lowest BCUT2D eigenvalue weighted by Crippen LogP contribution is -2.43. The number of nitrogens with two attached hydrogens (primary N) is 1. The van der Waals surface area contributed by atoms with Crippen LogP contribution in [0, 0.1) is 5.82 Å². The maximum Gasteiger partial charge on any atom is 0.321 e. The van der Waals surface area contributed by atoms with Crippen LogP contribution >= 0.6 is 0 Å². The number of carboxylic acids is 1. The quantitative estimate of drug-likeness (QED) is 0.686. The van der Waals surface area contributed by atoms with Crippen molar-refractivity contribution < 1.29 is 14.3 Å². The van der Waals surface area contributed by atoms with E-state index in [1.54, 1.807) is 12.1 Å². The summed E-state index contributed by atoms with van der Waals surface area (Å²) in [6.07, 6.45) is 0.701. The molecule has 0 fully saturated rings. The van der Waals surface area contributed by atoms with Crippen molar-refractivity contribution in [1.29, 1.82) is 0 Å². The molecule has 0 aliphatic carbocycles. The first-order chi connectivity index (χ1) is 7.99. The van der Waals surface area contributed by atoms with E-state index >= 15 is 0 Å². The predicted molar refractivity (Wildman–Crippen MR) is 63.2 cm³/mol. The molecular weight excluding hydrogens is 223 g/mol. The summed E-state index contributed by atoms with van der Waals surface area (Å²) < 4.78 is 12.7. The van der Waals surface area contributed by atoms with Gasteiger partial charge in [-0.2, -0.15) is 0 Å². The third-order valence-corrected chi connectivity index (χ3v) is 2.46. The molecule has 0 spiro atoms. The number of hydrogen-bond acceptors (Lipinski definition) is 3. The van der Waals surface area contributed by atoms with Crippen LogP contribution in [0.2, 0.25) is 0 Å². The first-order valence-corrected chi connectivity index (χ1v) is 5.45. The Morgan fingerprint density at radius 1 is 1.47 bits per heavy atom. The van der Waals surface area contributed by atoms with Gasteiger partial charge in [-0.25, -0.2) is 4.39 Å². The van der Waals surface area contributed by atoms with E-state index in [1.807, 2.05) is 6.92 Å². The summed E-state index contributed by atoms with van der Waals surface area (Å²) in [6, 6.07) is 5.43. The smallest absolute Gasteiger partial charge is 0.321 e. The molecule has 0 amide bonds. The monoisotopic (exact) mass is 240 g/mol. The first-order valence-electron chi connectivity index (χ1n) is 5.45. The summed E-state index contributed by atoms with van der Waals surface area (Å²) in [5, 5.41) is 11.6. The van der Waals surface area contributed by atoms with Gasteiger partial charge in [0.05, 0.1) is 0 Å². The molecule has 0 saturated carbocycles. The zero-order valence-corrected chi connectivity index (χ0v) is 9.69. The molecule has 1 rings (SSSR count). The number of halogens is 1. The molecule has 0 aromatic heterocycles. The number of rotatable bonds is 6. The van der Waals surface area contributed by atoms with Crippen LogP contribution in [-0.4, -0.2) is 29.7 Å². The molecule has 4 N–H and O–H groups in total. The zero-order valence-electron chi connectivity index (χ0n) is 9.69. The van der Waals surface area contributed by atoms with E-state index < -0.39 is 12.0 Å². The molecule has 0 heterocycles. The van der Waals surface area contributed by atoms with Crippen LogP contribution in [0.1, 0.15) is 12.5 Å². The second-order valence-corrected chi connectivity index (χ2v) is 4.08.